The Morgan fingerprint density at radius 2 is 2.26 bits per heavy atom. The number of aromatic nitrogens is 3. The standard InChI is InChI=1S/C13H17FN4O/c1-10-7-11(14)3-4-13(10)19-6-5-18-9-12(8-15-2)16-17-18/h3-4,7,9,15H,5-6,8H2,1-2H3. The molecule has 0 aliphatic carbocycles. The Morgan fingerprint density at radius 3 is 3.00 bits per heavy atom. The maximum atomic E-state index is 12.9. The van der Waals surface area contributed by atoms with E-state index in [4.69, 9.17) is 4.74 Å². The molecule has 1 N–H and O–H groups in total. The van der Waals surface area contributed by atoms with Gasteiger partial charge in [0.15, 0.2) is 0 Å². The van der Waals surface area contributed by atoms with Crippen LogP contribution in [-0.2, 0) is 13.1 Å². The molecule has 1 aromatic heterocycles. The van der Waals surface area contributed by atoms with Crippen LogP contribution in [0.4, 0.5) is 4.39 Å². The third-order valence-corrected chi connectivity index (χ3v) is 2.66. The summed E-state index contributed by atoms with van der Waals surface area (Å²) >= 11 is 0. The predicted molar refractivity (Wildman–Crippen MR) is 69.4 cm³/mol. The summed E-state index contributed by atoms with van der Waals surface area (Å²) in [5.74, 6) is 0.440. The average molecular weight is 264 g/mol. The summed E-state index contributed by atoms with van der Waals surface area (Å²) in [6.07, 6.45) is 1.87. The second kappa shape index (κ2) is 6.29. The highest BCUT2D eigenvalue weighted by atomic mass is 19.1. The van der Waals surface area contributed by atoms with Gasteiger partial charge in [-0.2, -0.15) is 0 Å². The number of nitrogens with one attached hydrogen (secondary N) is 1. The Morgan fingerprint density at radius 1 is 1.42 bits per heavy atom. The summed E-state index contributed by atoms with van der Waals surface area (Å²) in [4.78, 5) is 0. The Kier molecular flexibility index (Phi) is 4.46. The fourth-order valence-electron chi connectivity index (χ4n) is 1.73. The van der Waals surface area contributed by atoms with Gasteiger partial charge in [0.25, 0.3) is 0 Å². The van der Waals surface area contributed by atoms with Gasteiger partial charge in [-0.1, -0.05) is 5.21 Å². The van der Waals surface area contributed by atoms with Crippen LogP contribution in [0.15, 0.2) is 24.4 Å². The Labute approximate surface area is 111 Å². The van der Waals surface area contributed by atoms with E-state index in [0.29, 0.717) is 25.4 Å². The number of aryl methyl sites for hydroxylation is 1. The monoisotopic (exact) mass is 264 g/mol. The largest absolute Gasteiger partial charge is 0.491 e. The highest BCUT2D eigenvalue weighted by Gasteiger charge is 2.02. The van der Waals surface area contributed by atoms with Crippen LogP contribution in [0.25, 0.3) is 0 Å². The lowest BCUT2D eigenvalue weighted by molar-refractivity contribution is 0.287. The molecule has 0 saturated carbocycles. The fourth-order valence-corrected chi connectivity index (χ4v) is 1.73. The summed E-state index contributed by atoms with van der Waals surface area (Å²) in [6, 6.07) is 4.48. The zero-order valence-electron chi connectivity index (χ0n) is 11.1. The van der Waals surface area contributed by atoms with Gasteiger partial charge in [-0.25, -0.2) is 9.07 Å². The maximum absolute atomic E-state index is 12.9. The molecule has 0 spiro atoms. The normalized spacial score (nSPS) is 10.7. The average Bonchev–Trinajstić information content (AvgIpc) is 2.80. The molecule has 0 aliphatic heterocycles. The zero-order valence-corrected chi connectivity index (χ0v) is 11.1. The van der Waals surface area contributed by atoms with Gasteiger partial charge in [-0.3, -0.25) is 0 Å². The van der Waals surface area contributed by atoms with E-state index in [1.165, 1.54) is 12.1 Å². The lowest BCUT2D eigenvalue weighted by atomic mass is 10.2. The van der Waals surface area contributed by atoms with E-state index in [0.717, 1.165) is 11.3 Å². The minimum atomic E-state index is -0.252. The quantitative estimate of drug-likeness (QED) is 0.859. The smallest absolute Gasteiger partial charge is 0.123 e. The first-order valence-electron chi connectivity index (χ1n) is 6.11. The first kappa shape index (κ1) is 13.5. The fraction of sp³-hybridized carbons (Fsp3) is 0.385. The second-order valence-corrected chi connectivity index (χ2v) is 4.26. The highest BCUT2D eigenvalue weighted by molar-refractivity contribution is 5.32. The van der Waals surface area contributed by atoms with Crippen LogP contribution in [0.5, 0.6) is 5.75 Å². The van der Waals surface area contributed by atoms with Crippen LogP contribution in [0.3, 0.4) is 0 Å². The van der Waals surface area contributed by atoms with Gasteiger partial charge in [0, 0.05) is 12.7 Å². The molecule has 2 aromatic rings. The van der Waals surface area contributed by atoms with Crippen molar-refractivity contribution in [1.29, 1.82) is 0 Å². The van der Waals surface area contributed by atoms with Gasteiger partial charge < -0.3 is 10.1 Å². The Bertz CT molecular complexity index is 541. The van der Waals surface area contributed by atoms with Crippen molar-refractivity contribution >= 4 is 0 Å². The third-order valence-electron chi connectivity index (χ3n) is 2.66. The van der Waals surface area contributed by atoms with Crippen molar-refractivity contribution in [1.82, 2.24) is 20.3 Å². The topological polar surface area (TPSA) is 52.0 Å². The van der Waals surface area contributed by atoms with Gasteiger partial charge in [-0.15, -0.1) is 5.10 Å². The molecule has 19 heavy (non-hydrogen) atoms. The molecular formula is C13H17FN4O. The predicted octanol–water partition coefficient (Wildman–Crippen LogP) is 1.52. The number of ether oxygens (including phenoxy) is 1. The van der Waals surface area contributed by atoms with Crippen molar-refractivity contribution in [3.05, 3.63) is 41.5 Å². The number of benzene rings is 1. The van der Waals surface area contributed by atoms with Crippen LogP contribution in [-0.4, -0.2) is 28.6 Å². The first-order chi connectivity index (χ1) is 9.19. The van der Waals surface area contributed by atoms with E-state index >= 15 is 0 Å². The van der Waals surface area contributed by atoms with Crippen molar-refractivity contribution in [2.45, 2.75) is 20.0 Å². The van der Waals surface area contributed by atoms with Crippen LogP contribution in [0, 0.1) is 12.7 Å². The summed E-state index contributed by atoms with van der Waals surface area (Å²) in [5.41, 5.74) is 1.68. The Hall–Kier alpha value is -1.95. The minimum Gasteiger partial charge on any atom is -0.491 e. The van der Waals surface area contributed by atoms with Crippen molar-refractivity contribution < 1.29 is 9.13 Å². The van der Waals surface area contributed by atoms with E-state index in [1.54, 1.807) is 10.7 Å². The second-order valence-electron chi connectivity index (χ2n) is 4.26. The molecule has 2 rings (SSSR count). The van der Waals surface area contributed by atoms with E-state index < -0.39 is 0 Å². The number of hydrogen-bond acceptors (Lipinski definition) is 4. The molecule has 0 aliphatic rings. The van der Waals surface area contributed by atoms with Gasteiger partial charge in [0.05, 0.1) is 12.2 Å². The molecule has 5 nitrogen and oxygen atoms in total. The van der Waals surface area contributed by atoms with E-state index in [2.05, 4.69) is 15.6 Å². The highest BCUT2D eigenvalue weighted by Crippen LogP contribution is 2.18. The van der Waals surface area contributed by atoms with Crippen molar-refractivity contribution in [2.75, 3.05) is 13.7 Å². The maximum Gasteiger partial charge on any atom is 0.123 e. The SMILES string of the molecule is CNCc1cn(CCOc2ccc(F)cc2C)nn1. The van der Waals surface area contributed by atoms with Crippen molar-refractivity contribution in [2.24, 2.45) is 0 Å². The number of rotatable bonds is 6. The minimum absolute atomic E-state index is 0.252. The molecule has 102 valence electrons. The lowest BCUT2D eigenvalue weighted by Crippen LogP contribution is -2.09. The van der Waals surface area contributed by atoms with Gasteiger partial charge in [-0.05, 0) is 37.7 Å². The molecule has 0 atom stereocenters. The summed E-state index contributed by atoms with van der Waals surface area (Å²) in [7, 11) is 1.86. The Balaban J connectivity index is 1.85. The molecule has 0 bridgehead atoms. The molecule has 0 fully saturated rings. The molecular weight excluding hydrogens is 247 g/mol. The van der Waals surface area contributed by atoms with Crippen molar-refractivity contribution in [3.63, 3.8) is 0 Å². The van der Waals surface area contributed by atoms with Crippen LogP contribution in [0.2, 0.25) is 0 Å². The molecule has 0 saturated heterocycles. The molecule has 1 aromatic carbocycles. The summed E-state index contributed by atoms with van der Waals surface area (Å²) in [5, 5.41) is 11.0. The molecule has 0 amide bonds. The summed E-state index contributed by atoms with van der Waals surface area (Å²) < 4.78 is 20.2. The lowest BCUT2D eigenvalue weighted by Gasteiger charge is -2.08. The van der Waals surface area contributed by atoms with E-state index in [-0.39, 0.29) is 5.82 Å². The van der Waals surface area contributed by atoms with E-state index in [1.807, 2.05) is 20.2 Å². The molecule has 0 radical (unpaired) electrons. The first-order valence-corrected chi connectivity index (χ1v) is 6.11. The number of nitrogens with zero attached hydrogens (tertiary/aromatic N) is 3. The zero-order chi connectivity index (χ0) is 13.7. The van der Waals surface area contributed by atoms with E-state index in [9.17, 15) is 4.39 Å². The summed E-state index contributed by atoms with van der Waals surface area (Å²) in [6.45, 7) is 3.58. The van der Waals surface area contributed by atoms with Gasteiger partial charge in [0.2, 0.25) is 0 Å². The van der Waals surface area contributed by atoms with Crippen LogP contribution >= 0.6 is 0 Å². The van der Waals surface area contributed by atoms with Gasteiger partial charge >= 0.3 is 0 Å². The number of halogens is 1. The van der Waals surface area contributed by atoms with Crippen LogP contribution < -0.4 is 10.1 Å². The van der Waals surface area contributed by atoms with Crippen LogP contribution in [0.1, 0.15) is 11.3 Å². The third kappa shape index (κ3) is 3.75. The van der Waals surface area contributed by atoms with Gasteiger partial charge in [0.1, 0.15) is 18.2 Å². The van der Waals surface area contributed by atoms with Crippen molar-refractivity contribution in [3.8, 4) is 5.75 Å². The number of hydrogen-bond donors (Lipinski definition) is 1. The molecule has 6 heteroatoms. The molecule has 0 unspecified atom stereocenters. The molecule has 1 heterocycles.